The summed E-state index contributed by atoms with van der Waals surface area (Å²) in [7, 11) is 2.86. The Morgan fingerprint density at radius 1 is 1.15 bits per heavy atom. The molecule has 1 saturated heterocycles. The maximum absolute atomic E-state index is 12.7. The average molecular weight is 360 g/mol. The Kier molecular flexibility index (Phi) is 6.14. The van der Waals surface area contributed by atoms with Gasteiger partial charge in [0.1, 0.15) is 11.3 Å². The summed E-state index contributed by atoms with van der Waals surface area (Å²) in [6, 6.07) is 5.86. The summed E-state index contributed by atoms with van der Waals surface area (Å²) in [4.78, 5) is 27.0. The van der Waals surface area contributed by atoms with E-state index in [2.05, 4.69) is 10.2 Å². The van der Waals surface area contributed by atoms with Gasteiger partial charge in [-0.3, -0.25) is 9.69 Å². The van der Waals surface area contributed by atoms with Crippen molar-refractivity contribution in [3.63, 3.8) is 0 Å². The highest BCUT2D eigenvalue weighted by molar-refractivity contribution is 5.92. The maximum atomic E-state index is 12.7. The van der Waals surface area contributed by atoms with Crippen molar-refractivity contribution in [3.8, 4) is 5.75 Å². The molecule has 2 fully saturated rings. The van der Waals surface area contributed by atoms with E-state index in [1.807, 2.05) is 6.07 Å². The van der Waals surface area contributed by atoms with E-state index in [-0.39, 0.29) is 11.9 Å². The highest BCUT2D eigenvalue weighted by Gasteiger charge is 2.36. The molecule has 1 aromatic rings. The molecule has 1 atom stereocenters. The van der Waals surface area contributed by atoms with Crippen molar-refractivity contribution >= 4 is 11.9 Å². The quantitative estimate of drug-likeness (QED) is 0.790. The summed E-state index contributed by atoms with van der Waals surface area (Å²) in [5, 5.41) is 3.04. The second kappa shape index (κ2) is 8.54. The number of hydrogen-bond donors (Lipinski definition) is 1. The standard InChI is InChI=1S/C20H28N2O4/c1-25-18-10-9-14(12-16(18)20(24)26-2)13-21-19(23)17-8-5-11-22(17)15-6-3-4-7-15/h9-10,12,15,17H,3-8,11,13H2,1-2H3,(H,21,23)/t17-/m0/s1. The molecular formula is C20H28N2O4. The second-order valence-electron chi connectivity index (χ2n) is 7.08. The van der Waals surface area contributed by atoms with Crippen molar-refractivity contribution in [1.82, 2.24) is 10.2 Å². The number of methoxy groups -OCH3 is 2. The van der Waals surface area contributed by atoms with E-state index in [9.17, 15) is 9.59 Å². The topological polar surface area (TPSA) is 67.9 Å². The Bertz CT molecular complexity index is 655. The van der Waals surface area contributed by atoms with Gasteiger partial charge in [-0.25, -0.2) is 4.79 Å². The number of esters is 1. The van der Waals surface area contributed by atoms with Gasteiger partial charge < -0.3 is 14.8 Å². The predicted octanol–water partition coefficient (Wildman–Crippen LogP) is 2.50. The summed E-state index contributed by atoms with van der Waals surface area (Å²) in [5.74, 6) is 0.109. The van der Waals surface area contributed by atoms with Gasteiger partial charge in [-0.1, -0.05) is 18.9 Å². The molecule has 142 valence electrons. The number of carbonyl (C=O) groups is 2. The van der Waals surface area contributed by atoms with Crippen molar-refractivity contribution in [2.75, 3.05) is 20.8 Å². The molecule has 1 saturated carbocycles. The SMILES string of the molecule is COC(=O)c1cc(CNC(=O)[C@@H]2CCCN2C2CCCC2)ccc1OC. The molecule has 2 aliphatic rings. The Labute approximate surface area is 154 Å². The molecule has 26 heavy (non-hydrogen) atoms. The minimum absolute atomic E-state index is 0.0172. The van der Waals surface area contributed by atoms with Gasteiger partial charge in [0.05, 0.1) is 20.3 Å². The van der Waals surface area contributed by atoms with E-state index in [0.717, 1.165) is 24.9 Å². The number of nitrogens with one attached hydrogen (secondary N) is 1. The zero-order valence-corrected chi connectivity index (χ0v) is 15.6. The number of likely N-dealkylation sites (tertiary alicyclic amines) is 1. The summed E-state index contributed by atoms with van der Waals surface area (Å²) in [6.07, 6.45) is 6.99. The van der Waals surface area contributed by atoms with Crippen LogP contribution in [0.15, 0.2) is 18.2 Å². The molecule has 0 spiro atoms. The van der Waals surface area contributed by atoms with Gasteiger partial charge in [-0.2, -0.15) is 0 Å². The van der Waals surface area contributed by atoms with Crippen LogP contribution in [0.1, 0.15) is 54.4 Å². The molecule has 0 aromatic heterocycles. The lowest BCUT2D eigenvalue weighted by molar-refractivity contribution is -0.126. The van der Waals surface area contributed by atoms with E-state index in [1.54, 1.807) is 12.1 Å². The first-order valence-electron chi connectivity index (χ1n) is 9.42. The zero-order valence-electron chi connectivity index (χ0n) is 15.6. The number of hydrogen-bond acceptors (Lipinski definition) is 5. The summed E-state index contributed by atoms with van der Waals surface area (Å²) in [6.45, 7) is 1.42. The van der Waals surface area contributed by atoms with Gasteiger partial charge in [0.25, 0.3) is 0 Å². The molecule has 3 rings (SSSR count). The first-order valence-corrected chi connectivity index (χ1v) is 9.42. The van der Waals surface area contributed by atoms with Crippen LogP contribution in [0, 0.1) is 0 Å². The molecule has 6 nitrogen and oxygen atoms in total. The molecule has 6 heteroatoms. The number of benzene rings is 1. The molecular weight excluding hydrogens is 332 g/mol. The van der Waals surface area contributed by atoms with Gasteiger partial charge in [0.2, 0.25) is 5.91 Å². The summed E-state index contributed by atoms with van der Waals surface area (Å²) < 4.78 is 10.0. The highest BCUT2D eigenvalue weighted by Crippen LogP contribution is 2.30. The molecule has 0 unspecified atom stereocenters. The number of ether oxygens (including phenoxy) is 2. The molecule has 1 amide bonds. The number of nitrogens with zero attached hydrogens (tertiary/aromatic N) is 1. The fourth-order valence-corrected chi connectivity index (χ4v) is 4.19. The Morgan fingerprint density at radius 2 is 1.92 bits per heavy atom. The first-order chi connectivity index (χ1) is 12.6. The number of amides is 1. The zero-order chi connectivity index (χ0) is 18.5. The van der Waals surface area contributed by atoms with Crippen LogP contribution >= 0.6 is 0 Å². The van der Waals surface area contributed by atoms with Gasteiger partial charge in [-0.15, -0.1) is 0 Å². The Balaban J connectivity index is 1.63. The van der Waals surface area contributed by atoms with Crippen LogP contribution in [0.4, 0.5) is 0 Å². The summed E-state index contributed by atoms with van der Waals surface area (Å²) >= 11 is 0. The lowest BCUT2D eigenvalue weighted by Crippen LogP contribution is -2.46. The fourth-order valence-electron chi connectivity index (χ4n) is 4.19. The van der Waals surface area contributed by atoms with E-state index in [0.29, 0.717) is 23.9 Å². The smallest absolute Gasteiger partial charge is 0.341 e. The van der Waals surface area contributed by atoms with E-state index in [4.69, 9.17) is 9.47 Å². The van der Waals surface area contributed by atoms with Crippen molar-refractivity contribution in [2.45, 2.75) is 57.2 Å². The fraction of sp³-hybridized carbons (Fsp3) is 0.600. The van der Waals surface area contributed by atoms with E-state index >= 15 is 0 Å². The molecule has 1 heterocycles. The Morgan fingerprint density at radius 3 is 2.62 bits per heavy atom. The second-order valence-corrected chi connectivity index (χ2v) is 7.08. The van der Waals surface area contributed by atoms with Crippen LogP contribution in [0.5, 0.6) is 5.75 Å². The molecule has 1 N–H and O–H groups in total. The normalized spacial score (nSPS) is 20.9. The third-order valence-corrected chi connectivity index (χ3v) is 5.53. The van der Waals surface area contributed by atoms with Gasteiger partial charge in [0.15, 0.2) is 0 Å². The third kappa shape index (κ3) is 4.01. The van der Waals surface area contributed by atoms with Gasteiger partial charge in [0, 0.05) is 12.6 Å². The highest BCUT2D eigenvalue weighted by atomic mass is 16.5. The molecule has 1 aromatic carbocycles. The van der Waals surface area contributed by atoms with Crippen LogP contribution in [0.3, 0.4) is 0 Å². The largest absolute Gasteiger partial charge is 0.496 e. The lowest BCUT2D eigenvalue weighted by Gasteiger charge is -2.29. The molecule has 0 radical (unpaired) electrons. The van der Waals surface area contributed by atoms with Crippen molar-refractivity contribution in [1.29, 1.82) is 0 Å². The van der Waals surface area contributed by atoms with Crippen LogP contribution in [-0.2, 0) is 16.1 Å². The monoisotopic (exact) mass is 360 g/mol. The number of rotatable bonds is 6. The van der Waals surface area contributed by atoms with Crippen molar-refractivity contribution in [3.05, 3.63) is 29.3 Å². The van der Waals surface area contributed by atoms with Gasteiger partial charge in [-0.05, 0) is 49.9 Å². The van der Waals surface area contributed by atoms with Crippen LogP contribution in [-0.4, -0.2) is 49.6 Å². The van der Waals surface area contributed by atoms with Crippen molar-refractivity contribution < 1.29 is 19.1 Å². The third-order valence-electron chi connectivity index (χ3n) is 5.53. The Hall–Kier alpha value is -2.08. The summed E-state index contributed by atoms with van der Waals surface area (Å²) in [5.41, 5.74) is 1.22. The minimum atomic E-state index is -0.446. The first kappa shape index (κ1) is 18.7. The number of carbonyl (C=O) groups excluding carboxylic acids is 2. The maximum Gasteiger partial charge on any atom is 0.341 e. The van der Waals surface area contributed by atoms with Crippen molar-refractivity contribution in [2.24, 2.45) is 0 Å². The van der Waals surface area contributed by atoms with E-state index in [1.165, 1.54) is 39.9 Å². The van der Waals surface area contributed by atoms with Crippen LogP contribution in [0.25, 0.3) is 0 Å². The molecule has 1 aliphatic carbocycles. The lowest BCUT2D eigenvalue weighted by atomic mass is 10.1. The molecule has 0 bridgehead atoms. The van der Waals surface area contributed by atoms with Crippen LogP contribution in [0.2, 0.25) is 0 Å². The van der Waals surface area contributed by atoms with Crippen LogP contribution < -0.4 is 10.1 Å². The average Bonchev–Trinajstić information content (AvgIpc) is 3.36. The minimum Gasteiger partial charge on any atom is -0.496 e. The predicted molar refractivity (Wildman–Crippen MR) is 98.2 cm³/mol. The molecule has 1 aliphatic heterocycles. The van der Waals surface area contributed by atoms with E-state index < -0.39 is 5.97 Å². The van der Waals surface area contributed by atoms with Gasteiger partial charge >= 0.3 is 5.97 Å².